The Bertz CT molecular complexity index is 478. The van der Waals surface area contributed by atoms with E-state index in [4.69, 9.17) is 20.9 Å². The van der Waals surface area contributed by atoms with Crippen LogP contribution in [0.15, 0.2) is 12.1 Å². The Morgan fingerprint density at radius 1 is 1.56 bits per heavy atom. The van der Waals surface area contributed by atoms with E-state index in [1.54, 1.807) is 13.0 Å². The fraction of sp³-hybridized carbons (Fsp3) is 0.364. The lowest BCUT2D eigenvalue weighted by Gasteiger charge is -2.11. The van der Waals surface area contributed by atoms with Crippen LogP contribution < -0.4 is 0 Å². The SMILES string of the molecule is CCOC(=O)c1ccc(CS(=O)O)c(CBr)c1Cl. The number of alkyl halides is 1. The van der Waals surface area contributed by atoms with Gasteiger partial charge in [-0.05, 0) is 24.1 Å². The van der Waals surface area contributed by atoms with Gasteiger partial charge in [0.2, 0.25) is 0 Å². The van der Waals surface area contributed by atoms with Crippen LogP contribution in [0.3, 0.4) is 0 Å². The summed E-state index contributed by atoms with van der Waals surface area (Å²) in [6.07, 6.45) is 0. The van der Waals surface area contributed by atoms with Crippen LogP contribution in [0.25, 0.3) is 0 Å². The van der Waals surface area contributed by atoms with Crippen molar-refractivity contribution in [1.29, 1.82) is 0 Å². The summed E-state index contributed by atoms with van der Waals surface area (Å²) in [4.78, 5) is 11.6. The number of rotatable bonds is 5. The number of esters is 1. The van der Waals surface area contributed by atoms with Gasteiger partial charge in [0.05, 0.1) is 22.9 Å². The van der Waals surface area contributed by atoms with Gasteiger partial charge in [-0.15, -0.1) is 0 Å². The highest BCUT2D eigenvalue weighted by Gasteiger charge is 2.17. The van der Waals surface area contributed by atoms with Crippen molar-refractivity contribution in [2.75, 3.05) is 6.61 Å². The molecule has 0 bridgehead atoms. The molecule has 0 spiro atoms. The van der Waals surface area contributed by atoms with E-state index in [-0.39, 0.29) is 22.9 Å². The van der Waals surface area contributed by atoms with Crippen molar-refractivity contribution in [3.63, 3.8) is 0 Å². The first-order valence-corrected chi connectivity index (χ1v) is 7.89. The largest absolute Gasteiger partial charge is 0.462 e. The van der Waals surface area contributed by atoms with Crippen molar-refractivity contribution in [3.05, 3.63) is 33.8 Å². The Kier molecular flexibility index (Phi) is 6.28. The van der Waals surface area contributed by atoms with Gasteiger partial charge in [-0.25, -0.2) is 9.00 Å². The molecule has 1 unspecified atom stereocenters. The maximum absolute atomic E-state index is 11.6. The second-order valence-electron chi connectivity index (χ2n) is 3.38. The van der Waals surface area contributed by atoms with Crippen LogP contribution in [0.4, 0.5) is 0 Å². The van der Waals surface area contributed by atoms with Crippen molar-refractivity contribution in [2.45, 2.75) is 18.0 Å². The minimum absolute atomic E-state index is 0.0240. The fourth-order valence-electron chi connectivity index (χ4n) is 1.44. The van der Waals surface area contributed by atoms with Gasteiger partial charge in [-0.2, -0.15) is 0 Å². The Morgan fingerprint density at radius 3 is 2.72 bits per heavy atom. The van der Waals surface area contributed by atoms with Crippen molar-refractivity contribution < 1.29 is 18.3 Å². The number of hydrogen-bond donors (Lipinski definition) is 1. The average molecular weight is 356 g/mol. The lowest BCUT2D eigenvalue weighted by Crippen LogP contribution is -2.08. The van der Waals surface area contributed by atoms with Crippen molar-refractivity contribution in [3.8, 4) is 0 Å². The standard InChI is InChI=1S/C11H12BrClO4S/c1-2-17-11(14)8-4-3-7(6-18(15)16)9(5-12)10(8)13/h3-4H,2,5-6H2,1H3,(H,15,16). The van der Waals surface area contributed by atoms with Crippen LogP contribution in [-0.2, 0) is 26.9 Å². The second-order valence-corrected chi connectivity index (χ2v) is 5.26. The van der Waals surface area contributed by atoms with E-state index in [2.05, 4.69) is 15.9 Å². The molecule has 0 radical (unpaired) electrons. The molecule has 4 nitrogen and oxygen atoms in total. The highest BCUT2D eigenvalue weighted by molar-refractivity contribution is 9.08. The first-order chi connectivity index (χ1) is 8.51. The summed E-state index contributed by atoms with van der Waals surface area (Å²) in [7, 11) is 0. The van der Waals surface area contributed by atoms with Crippen LogP contribution in [0.5, 0.6) is 0 Å². The van der Waals surface area contributed by atoms with Gasteiger partial charge in [0.15, 0.2) is 11.1 Å². The summed E-state index contributed by atoms with van der Waals surface area (Å²) in [6.45, 7) is 1.97. The number of ether oxygens (including phenoxy) is 1. The zero-order valence-corrected chi connectivity index (χ0v) is 12.8. The monoisotopic (exact) mass is 354 g/mol. The minimum Gasteiger partial charge on any atom is -0.462 e. The third-order valence-electron chi connectivity index (χ3n) is 2.25. The third kappa shape index (κ3) is 3.78. The van der Waals surface area contributed by atoms with Gasteiger partial charge >= 0.3 is 5.97 Å². The van der Waals surface area contributed by atoms with E-state index < -0.39 is 17.0 Å². The minimum atomic E-state index is -1.95. The molecule has 0 heterocycles. The maximum atomic E-state index is 11.6. The first-order valence-electron chi connectivity index (χ1n) is 5.12. The summed E-state index contributed by atoms with van der Waals surface area (Å²) in [5, 5.41) is 0.652. The molecule has 1 aromatic rings. The van der Waals surface area contributed by atoms with Gasteiger partial charge in [-0.1, -0.05) is 33.6 Å². The van der Waals surface area contributed by atoms with Crippen molar-refractivity contribution in [1.82, 2.24) is 0 Å². The average Bonchev–Trinajstić information content (AvgIpc) is 2.29. The van der Waals surface area contributed by atoms with Crippen molar-refractivity contribution >= 4 is 44.6 Å². The van der Waals surface area contributed by atoms with E-state index in [0.29, 0.717) is 16.5 Å². The van der Waals surface area contributed by atoms with E-state index in [0.717, 1.165) is 0 Å². The van der Waals surface area contributed by atoms with Crippen LogP contribution in [-0.4, -0.2) is 21.3 Å². The molecule has 0 aliphatic rings. The molecule has 1 atom stereocenters. The first kappa shape index (κ1) is 15.6. The van der Waals surface area contributed by atoms with Crippen LogP contribution in [0, 0.1) is 0 Å². The van der Waals surface area contributed by atoms with Gasteiger partial charge in [0.25, 0.3) is 0 Å². The number of carbonyl (C=O) groups excluding carboxylic acids is 1. The van der Waals surface area contributed by atoms with Gasteiger partial charge in [0, 0.05) is 5.33 Å². The molecule has 100 valence electrons. The molecule has 0 saturated heterocycles. The summed E-state index contributed by atoms with van der Waals surface area (Å²) < 4.78 is 24.6. The van der Waals surface area contributed by atoms with Crippen LogP contribution in [0.1, 0.15) is 28.4 Å². The number of hydrogen-bond acceptors (Lipinski definition) is 3. The predicted octanol–water partition coefficient (Wildman–Crippen LogP) is 3.13. The Morgan fingerprint density at radius 2 is 2.22 bits per heavy atom. The molecule has 0 amide bonds. The van der Waals surface area contributed by atoms with Crippen molar-refractivity contribution in [2.24, 2.45) is 0 Å². The quantitative estimate of drug-likeness (QED) is 0.501. The van der Waals surface area contributed by atoms with E-state index in [1.165, 1.54) is 6.07 Å². The predicted molar refractivity (Wildman–Crippen MR) is 74.5 cm³/mol. The molecule has 7 heteroatoms. The molecule has 0 aliphatic heterocycles. The lowest BCUT2D eigenvalue weighted by molar-refractivity contribution is 0.0526. The molecular formula is C11H12BrClO4S. The molecule has 0 aliphatic carbocycles. The fourth-order valence-corrected chi connectivity index (χ4v) is 3.11. The topological polar surface area (TPSA) is 63.6 Å². The number of carbonyl (C=O) groups is 1. The summed E-state index contributed by atoms with van der Waals surface area (Å²) >= 11 is 7.42. The van der Waals surface area contributed by atoms with Crippen LogP contribution >= 0.6 is 27.5 Å². The summed E-state index contributed by atoms with van der Waals surface area (Å²) in [5.41, 5.74) is 1.52. The Hall–Kier alpha value is -0.430. The molecule has 1 N–H and O–H groups in total. The van der Waals surface area contributed by atoms with Gasteiger partial charge in [0.1, 0.15) is 0 Å². The third-order valence-corrected chi connectivity index (χ3v) is 3.80. The smallest absolute Gasteiger partial charge is 0.339 e. The maximum Gasteiger partial charge on any atom is 0.339 e. The summed E-state index contributed by atoms with van der Waals surface area (Å²) in [6, 6.07) is 3.12. The zero-order chi connectivity index (χ0) is 13.7. The Labute approximate surface area is 121 Å². The number of benzene rings is 1. The zero-order valence-electron chi connectivity index (χ0n) is 9.61. The van der Waals surface area contributed by atoms with E-state index in [1.807, 2.05) is 0 Å². The lowest BCUT2D eigenvalue weighted by atomic mass is 10.1. The number of halogens is 2. The van der Waals surface area contributed by atoms with Gasteiger partial charge < -0.3 is 9.29 Å². The molecule has 0 aromatic heterocycles. The molecular weight excluding hydrogens is 344 g/mol. The molecule has 0 saturated carbocycles. The highest BCUT2D eigenvalue weighted by Crippen LogP contribution is 2.28. The van der Waals surface area contributed by atoms with Gasteiger partial charge in [-0.3, -0.25) is 0 Å². The van der Waals surface area contributed by atoms with Crippen LogP contribution in [0.2, 0.25) is 5.02 Å². The van der Waals surface area contributed by atoms with E-state index >= 15 is 0 Å². The summed E-state index contributed by atoms with van der Waals surface area (Å²) in [5.74, 6) is -0.523. The second kappa shape index (κ2) is 7.23. The normalized spacial score (nSPS) is 12.2. The molecule has 1 aromatic carbocycles. The molecule has 0 fully saturated rings. The Balaban J connectivity index is 3.19. The molecule has 18 heavy (non-hydrogen) atoms. The van der Waals surface area contributed by atoms with E-state index in [9.17, 15) is 9.00 Å². The highest BCUT2D eigenvalue weighted by atomic mass is 79.9. The molecule has 1 rings (SSSR count).